The molecule has 0 spiro atoms. The Bertz CT molecular complexity index is 197. The Morgan fingerprint density at radius 1 is 0.824 bits per heavy atom. The van der Waals surface area contributed by atoms with Crippen LogP contribution in [0.25, 0.3) is 0 Å². The average molecular weight is 298 g/mol. The summed E-state index contributed by atoms with van der Waals surface area (Å²) in [5.74, 6) is 0. The number of halogens is 6. The fourth-order valence-electron chi connectivity index (χ4n) is 1.31. The molecule has 0 N–H and O–H groups in total. The van der Waals surface area contributed by atoms with E-state index in [0.717, 1.165) is 0 Å². The van der Waals surface area contributed by atoms with Crippen LogP contribution in [0.2, 0.25) is 25.2 Å². The second-order valence-corrected chi connectivity index (χ2v) is 9.70. The second kappa shape index (κ2) is 6.79. The Morgan fingerprint density at radius 3 is 1.41 bits per heavy atom. The van der Waals surface area contributed by atoms with Crippen molar-refractivity contribution in [2.75, 3.05) is 0 Å². The number of rotatable bonds is 6. The third-order valence-electron chi connectivity index (χ3n) is 1.96. The van der Waals surface area contributed by atoms with Crippen LogP contribution < -0.4 is 0 Å². The van der Waals surface area contributed by atoms with Crippen molar-refractivity contribution in [3.8, 4) is 0 Å². The van der Waals surface area contributed by atoms with Gasteiger partial charge in [0.1, 0.15) is 0 Å². The first-order chi connectivity index (χ1) is 7.49. The minimum atomic E-state index is -4.31. The van der Waals surface area contributed by atoms with Gasteiger partial charge in [-0.3, -0.25) is 0 Å². The lowest BCUT2D eigenvalue weighted by atomic mass is 10.5. The molecule has 9 heteroatoms. The Balaban J connectivity index is 4.15. The van der Waals surface area contributed by atoms with Gasteiger partial charge in [-0.2, -0.15) is 26.3 Å². The largest absolute Gasteiger partial charge is 0.460 e. The normalized spacial score (nSPS) is 13.8. The highest BCUT2D eigenvalue weighted by molar-refractivity contribution is 6.64. The third-order valence-corrected chi connectivity index (χ3v) is 7.55. The van der Waals surface area contributed by atoms with Gasteiger partial charge < -0.3 is 4.12 Å². The fraction of sp³-hybridized carbons (Fsp3) is 1.00. The highest BCUT2D eigenvalue weighted by atomic mass is 28.4. The van der Waals surface area contributed by atoms with E-state index >= 15 is 0 Å². The van der Waals surface area contributed by atoms with Crippen molar-refractivity contribution in [1.82, 2.24) is 0 Å². The zero-order chi connectivity index (χ0) is 13.7. The van der Waals surface area contributed by atoms with Crippen LogP contribution in [0.1, 0.15) is 12.8 Å². The van der Waals surface area contributed by atoms with Gasteiger partial charge in [-0.1, -0.05) is 0 Å². The molecule has 0 fully saturated rings. The molecule has 0 heterocycles. The SMILES string of the molecule is C[SiH](C)O[SiH](CCC(F)(F)F)CCC(F)(F)F. The molecule has 1 nitrogen and oxygen atoms in total. The van der Waals surface area contributed by atoms with E-state index in [1.807, 2.05) is 0 Å². The van der Waals surface area contributed by atoms with E-state index in [1.54, 1.807) is 13.1 Å². The second-order valence-electron chi connectivity index (χ2n) is 4.11. The van der Waals surface area contributed by atoms with Gasteiger partial charge >= 0.3 is 12.4 Å². The first-order valence-corrected chi connectivity index (χ1v) is 10.2. The van der Waals surface area contributed by atoms with Gasteiger partial charge in [0.15, 0.2) is 18.1 Å². The van der Waals surface area contributed by atoms with Crippen LogP contribution in [0.5, 0.6) is 0 Å². The zero-order valence-corrected chi connectivity index (χ0v) is 12.0. The molecule has 0 aliphatic heterocycles. The Hall–Kier alpha value is -0.0262. The van der Waals surface area contributed by atoms with Gasteiger partial charge in [-0.15, -0.1) is 0 Å². The van der Waals surface area contributed by atoms with Crippen molar-refractivity contribution in [1.29, 1.82) is 0 Å². The van der Waals surface area contributed by atoms with Gasteiger partial charge in [0.25, 0.3) is 0 Å². The molecule has 0 aromatic heterocycles. The van der Waals surface area contributed by atoms with Crippen LogP contribution in [-0.4, -0.2) is 30.4 Å². The van der Waals surface area contributed by atoms with Gasteiger partial charge in [-0.25, -0.2) is 0 Å². The predicted octanol–water partition coefficient (Wildman–Crippen LogP) is 3.62. The lowest BCUT2D eigenvalue weighted by Crippen LogP contribution is -2.28. The van der Waals surface area contributed by atoms with Crippen molar-refractivity contribution in [2.45, 2.75) is 50.4 Å². The zero-order valence-electron chi connectivity index (χ0n) is 9.66. The summed E-state index contributed by atoms with van der Waals surface area (Å²) in [4.78, 5) is 0. The van der Waals surface area contributed by atoms with E-state index in [0.29, 0.717) is 0 Å². The predicted molar refractivity (Wildman–Crippen MR) is 58.1 cm³/mol. The maximum absolute atomic E-state index is 12.0. The Morgan fingerprint density at radius 2 is 1.18 bits per heavy atom. The van der Waals surface area contributed by atoms with Crippen molar-refractivity contribution in [3.05, 3.63) is 0 Å². The van der Waals surface area contributed by atoms with Gasteiger partial charge in [0, 0.05) is 12.8 Å². The van der Waals surface area contributed by atoms with Crippen LogP contribution >= 0.6 is 0 Å². The highest BCUT2D eigenvalue weighted by Gasteiger charge is 2.33. The van der Waals surface area contributed by atoms with Crippen LogP contribution in [0.4, 0.5) is 26.3 Å². The lowest BCUT2D eigenvalue weighted by molar-refractivity contribution is -0.131. The Labute approximate surface area is 99.6 Å². The first kappa shape index (κ1) is 17.0. The van der Waals surface area contributed by atoms with E-state index in [1.165, 1.54) is 0 Å². The minimum absolute atomic E-state index is 0.259. The molecule has 0 aliphatic rings. The molecule has 0 unspecified atom stereocenters. The summed E-state index contributed by atoms with van der Waals surface area (Å²) in [6.45, 7) is 3.50. The van der Waals surface area contributed by atoms with E-state index in [-0.39, 0.29) is 12.1 Å². The van der Waals surface area contributed by atoms with Crippen LogP contribution in [0.3, 0.4) is 0 Å². The molecule has 0 saturated heterocycles. The number of alkyl halides is 6. The molecule has 104 valence electrons. The van der Waals surface area contributed by atoms with E-state index in [2.05, 4.69) is 0 Å². The molecular weight excluding hydrogens is 282 g/mol. The van der Waals surface area contributed by atoms with E-state index in [9.17, 15) is 26.3 Å². The summed E-state index contributed by atoms with van der Waals surface area (Å²) < 4.78 is 77.2. The Kier molecular flexibility index (Phi) is 6.78. The number of hydrogen-bond donors (Lipinski definition) is 0. The molecule has 0 aromatic carbocycles. The maximum Gasteiger partial charge on any atom is 0.388 e. The maximum atomic E-state index is 12.0. The van der Waals surface area contributed by atoms with E-state index in [4.69, 9.17) is 4.12 Å². The summed E-state index contributed by atoms with van der Waals surface area (Å²) in [6, 6.07) is -0.518. The van der Waals surface area contributed by atoms with Crippen LogP contribution in [-0.2, 0) is 4.12 Å². The molecule has 0 saturated carbocycles. The molecule has 0 aliphatic carbocycles. The standard InChI is InChI=1S/C8H16F6OSi2/c1-16(2)15-17(5-3-7(9,10)11)6-4-8(12,13)14/h16-17H,3-6H2,1-2H3. The average Bonchev–Trinajstić information content (AvgIpc) is 2.06. The minimum Gasteiger partial charge on any atom is -0.460 e. The first-order valence-electron chi connectivity index (χ1n) is 5.28. The summed E-state index contributed by atoms with van der Waals surface area (Å²) in [7, 11) is -3.94. The highest BCUT2D eigenvalue weighted by Crippen LogP contribution is 2.27. The van der Waals surface area contributed by atoms with Crippen molar-refractivity contribution in [3.63, 3.8) is 0 Å². The van der Waals surface area contributed by atoms with Gasteiger partial charge in [-0.05, 0) is 25.2 Å². The molecule has 0 radical (unpaired) electrons. The summed E-state index contributed by atoms with van der Waals surface area (Å²) in [6.07, 6.45) is -10.7. The third kappa shape index (κ3) is 12.2. The topological polar surface area (TPSA) is 9.23 Å². The van der Waals surface area contributed by atoms with Gasteiger partial charge in [0.05, 0.1) is 0 Å². The molecule has 0 rings (SSSR count). The molecule has 0 aromatic rings. The smallest absolute Gasteiger partial charge is 0.388 e. The quantitative estimate of drug-likeness (QED) is 0.537. The van der Waals surface area contributed by atoms with Gasteiger partial charge in [0.2, 0.25) is 0 Å². The van der Waals surface area contributed by atoms with Crippen molar-refractivity contribution >= 4 is 18.1 Å². The summed E-state index contributed by atoms with van der Waals surface area (Å²) in [5, 5.41) is 0. The summed E-state index contributed by atoms with van der Waals surface area (Å²) >= 11 is 0. The van der Waals surface area contributed by atoms with Crippen molar-refractivity contribution in [2.24, 2.45) is 0 Å². The molecule has 17 heavy (non-hydrogen) atoms. The van der Waals surface area contributed by atoms with Crippen molar-refractivity contribution < 1.29 is 30.5 Å². The van der Waals surface area contributed by atoms with E-state index < -0.39 is 43.3 Å². The lowest BCUT2D eigenvalue weighted by Gasteiger charge is -2.20. The van der Waals surface area contributed by atoms with Crippen LogP contribution in [0, 0.1) is 0 Å². The van der Waals surface area contributed by atoms with Crippen LogP contribution in [0.15, 0.2) is 0 Å². The molecule has 0 atom stereocenters. The molecule has 0 amide bonds. The number of hydrogen-bond acceptors (Lipinski definition) is 1. The fourth-order valence-corrected chi connectivity index (χ4v) is 7.07. The monoisotopic (exact) mass is 298 g/mol. The molecule has 0 bridgehead atoms. The molecular formula is C8H16F6OSi2. The summed E-state index contributed by atoms with van der Waals surface area (Å²) in [5.41, 5.74) is 0.